The normalized spacial score (nSPS) is 17.2. The number of fused-ring (bicyclic) bond motifs is 1. The average molecular weight is 454 g/mol. The predicted octanol–water partition coefficient (Wildman–Crippen LogP) is 3.51. The highest BCUT2D eigenvalue weighted by atomic mass is 35.5. The van der Waals surface area contributed by atoms with Crippen molar-refractivity contribution in [2.24, 2.45) is 0 Å². The lowest BCUT2D eigenvalue weighted by atomic mass is 10.0. The van der Waals surface area contributed by atoms with Gasteiger partial charge in [-0.2, -0.15) is 0 Å². The maximum atomic E-state index is 12.8. The van der Waals surface area contributed by atoms with Crippen molar-refractivity contribution in [3.05, 3.63) is 52.9 Å². The minimum absolute atomic E-state index is 0.132. The van der Waals surface area contributed by atoms with Gasteiger partial charge in [-0.25, -0.2) is 0 Å². The first-order chi connectivity index (χ1) is 15.7. The van der Waals surface area contributed by atoms with Gasteiger partial charge in [0.05, 0.1) is 41.0 Å². The molecule has 0 unspecified atom stereocenters. The molecule has 1 atom stereocenters. The van der Waals surface area contributed by atoms with Gasteiger partial charge in [0, 0.05) is 36.5 Å². The Kier molecular flexibility index (Phi) is 5.63. The van der Waals surface area contributed by atoms with E-state index in [9.17, 15) is 4.79 Å². The van der Waals surface area contributed by atoms with Crippen molar-refractivity contribution in [1.82, 2.24) is 20.6 Å². The fraction of sp³-hybridized carbons (Fsp3) is 0.304. The lowest BCUT2D eigenvalue weighted by Gasteiger charge is -2.27. The first-order valence-corrected chi connectivity index (χ1v) is 11.0. The molecule has 0 bridgehead atoms. The zero-order chi connectivity index (χ0) is 22.1. The van der Waals surface area contributed by atoms with E-state index >= 15 is 0 Å². The Morgan fingerprint density at radius 2 is 2.16 bits per heavy atom. The number of H-pyrrole nitrogens is 1. The molecule has 1 saturated heterocycles. The van der Waals surface area contributed by atoms with Crippen LogP contribution in [-0.4, -0.2) is 48.7 Å². The number of nitrogens with one attached hydrogen (secondary N) is 4. The van der Waals surface area contributed by atoms with Crippen LogP contribution in [0.15, 0.2) is 36.7 Å². The minimum atomic E-state index is -0.132. The third kappa shape index (κ3) is 3.76. The van der Waals surface area contributed by atoms with Gasteiger partial charge in [-0.05, 0) is 31.2 Å². The van der Waals surface area contributed by atoms with Gasteiger partial charge in [0.1, 0.15) is 12.4 Å². The van der Waals surface area contributed by atoms with Gasteiger partial charge >= 0.3 is 0 Å². The summed E-state index contributed by atoms with van der Waals surface area (Å²) in [5.74, 6) is 1.03. The van der Waals surface area contributed by atoms with Gasteiger partial charge in [-0.15, -0.1) is 0 Å². The van der Waals surface area contributed by atoms with Crippen LogP contribution in [0.5, 0.6) is 11.5 Å². The van der Waals surface area contributed by atoms with E-state index in [1.807, 2.05) is 18.2 Å². The highest BCUT2D eigenvalue weighted by molar-refractivity contribution is 6.32. The Morgan fingerprint density at radius 3 is 2.94 bits per heavy atom. The molecule has 8 nitrogen and oxygen atoms in total. The van der Waals surface area contributed by atoms with Crippen molar-refractivity contribution in [2.45, 2.75) is 18.9 Å². The second-order valence-corrected chi connectivity index (χ2v) is 8.21. The Labute approximate surface area is 190 Å². The maximum Gasteiger partial charge on any atom is 0.255 e. The van der Waals surface area contributed by atoms with Crippen molar-refractivity contribution in [2.75, 3.05) is 32.1 Å². The van der Waals surface area contributed by atoms with Crippen molar-refractivity contribution in [3.8, 4) is 22.8 Å². The van der Waals surface area contributed by atoms with Gasteiger partial charge in [-0.1, -0.05) is 17.7 Å². The quantitative estimate of drug-likeness (QED) is 0.437. The summed E-state index contributed by atoms with van der Waals surface area (Å²) < 4.78 is 11.6. The number of aromatic nitrogens is 2. The van der Waals surface area contributed by atoms with E-state index in [1.54, 1.807) is 25.6 Å². The standard InChI is InChI=1S/C23H24ClN5O3/c1-31-22-15(24)3-2-4-17(22)29-21-19-16(7-10-27-23(19)30)28-20(21)14-6-8-25-11-18(14)32-12-13-5-9-26-13/h2-4,6,8,11,13,26,28-29H,5,7,9-10,12H2,1H3,(H,27,30)/t13-/m0/s1. The summed E-state index contributed by atoms with van der Waals surface area (Å²) in [5.41, 5.74) is 4.35. The number of carbonyl (C=O) groups is 1. The molecule has 0 saturated carbocycles. The number of carbonyl (C=O) groups excluding carboxylic acids is 1. The van der Waals surface area contributed by atoms with Crippen molar-refractivity contribution in [1.29, 1.82) is 0 Å². The van der Waals surface area contributed by atoms with E-state index in [4.69, 9.17) is 21.1 Å². The monoisotopic (exact) mass is 453 g/mol. The smallest absolute Gasteiger partial charge is 0.255 e. The van der Waals surface area contributed by atoms with Crippen LogP contribution in [0.25, 0.3) is 11.3 Å². The van der Waals surface area contributed by atoms with Crippen molar-refractivity contribution >= 4 is 28.9 Å². The third-order valence-corrected chi connectivity index (χ3v) is 6.11. The summed E-state index contributed by atoms with van der Waals surface area (Å²) in [6.07, 6.45) is 5.22. The fourth-order valence-electron chi connectivity index (χ4n) is 4.04. The molecule has 2 aromatic heterocycles. The molecule has 166 valence electrons. The van der Waals surface area contributed by atoms with E-state index in [-0.39, 0.29) is 5.91 Å². The van der Waals surface area contributed by atoms with Crippen LogP contribution in [0.1, 0.15) is 22.5 Å². The molecule has 0 spiro atoms. The molecule has 3 aromatic rings. The number of halogens is 1. The van der Waals surface area contributed by atoms with Crippen LogP contribution >= 0.6 is 11.6 Å². The van der Waals surface area contributed by atoms with E-state index in [0.717, 1.165) is 29.9 Å². The molecule has 4 heterocycles. The van der Waals surface area contributed by atoms with Gasteiger partial charge in [0.15, 0.2) is 5.75 Å². The average Bonchev–Trinajstić information content (AvgIpc) is 3.12. The highest BCUT2D eigenvalue weighted by Crippen LogP contribution is 2.42. The van der Waals surface area contributed by atoms with Crippen LogP contribution in [0.4, 0.5) is 11.4 Å². The number of hydrogen-bond donors (Lipinski definition) is 4. The van der Waals surface area contributed by atoms with Gasteiger partial charge in [0.2, 0.25) is 0 Å². The molecule has 1 fully saturated rings. The molecule has 5 rings (SSSR count). The Hall–Kier alpha value is -3.23. The lowest BCUT2D eigenvalue weighted by Crippen LogP contribution is -2.46. The number of para-hydroxylation sites is 1. The molecular weight excluding hydrogens is 430 g/mol. The molecular formula is C23H24ClN5O3. The lowest BCUT2D eigenvalue weighted by molar-refractivity contribution is 0.0947. The van der Waals surface area contributed by atoms with E-state index in [0.29, 0.717) is 59.1 Å². The maximum absolute atomic E-state index is 12.8. The summed E-state index contributed by atoms with van der Waals surface area (Å²) in [7, 11) is 1.57. The fourth-order valence-corrected chi connectivity index (χ4v) is 4.29. The SMILES string of the molecule is COc1c(Cl)cccc1Nc1c(-c2ccncc2OC[C@@H]2CCN2)[nH]c2c1C(=O)NCC2. The molecule has 2 aliphatic heterocycles. The second kappa shape index (κ2) is 8.72. The topological polar surface area (TPSA) is 100 Å². The molecule has 1 amide bonds. The molecule has 0 radical (unpaired) electrons. The number of nitrogens with zero attached hydrogens (tertiary/aromatic N) is 1. The van der Waals surface area contributed by atoms with Crippen molar-refractivity contribution in [3.63, 3.8) is 0 Å². The number of benzene rings is 1. The van der Waals surface area contributed by atoms with Crippen LogP contribution in [0.3, 0.4) is 0 Å². The molecule has 2 aliphatic rings. The van der Waals surface area contributed by atoms with Crippen molar-refractivity contribution < 1.29 is 14.3 Å². The first-order valence-electron chi connectivity index (χ1n) is 10.6. The van der Waals surface area contributed by atoms with Gasteiger partial charge in [0.25, 0.3) is 5.91 Å². The Balaban J connectivity index is 1.60. The summed E-state index contributed by atoms with van der Waals surface area (Å²) >= 11 is 6.33. The van der Waals surface area contributed by atoms with Crippen LogP contribution in [0, 0.1) is 0 Å². The molecule has 32 heavy (non-hydrogen) atoms. The third-order valence-electron chi connectivity index (χ3n) is 5.82. The van der Waals surface area contributed by atoms with Crippen LogP contribution < -0.4 is 25.4 Å². The van der Waals surface area contributed by atoms with E-state index in [2.05, 4.69) is 25.9 Å². The number of rotatable bonds is 7. The first kappa shape index (κ1) is 20.7. The number of hydrogen-bond acceptors (Lipinski definition) is 6. The van der Waals surface area contributed by atoms with E-state index < -0.39 is 0 Å². The van der Waals surface area contributed by atoms with Gasteiger partial charge in [-0.3, -0.25) is 9.78 Å². The van der Waals surface area contributed by atoms with Gasteiger partial charge < -0.3 is 30.4 Å². The summed E-state index contributed by atoms with van der Waals surface area (Å²) in [6, 6.07) is 7.69. The Morgan fingerprint density at radius 1 is 1.28 bits per heavy atom. The number of aromatic amines is 1. The predicted molar refractivity (Wildman–Crippen MR) is 123 cm³/mol. The molecule has 4 N–H and O–H groups in total. The summed E-state index contributed by atoms with van der Waals surface area (Å²) in [5, 5.41) is 10.1. The number of methoxy groups -OCH3 is 1. The highest BCUT2D eigenvalue weighted by Gasteiger charge is 2.29. The van der Waals surface area contributed by atoms with Crippen LogP contribution in [-0.2, 0) is 6.42 Å². The molecule has 1 aromatic carbocycles. The number of anilines is 2. The number of ether oxygens (including phenoxy) is 2. The number of amides is 1. The Bertz CT molecular complexity index is 1160. The molecule has 0 aliphatic carbocycles. The van der Waals surface area contributed by atoms with Crippen LogP contribution in [0.2, 0.25) is 5.02 Å². The largest absolute Gasteiger partial charge is 0.493 e. The zero-order valence-corrected chi connectivity index (χ0v) is 18.4. The second-order valence-electron chi connectivity index (χ2n) is 7.80. The summed E-state index contributed by atoms with van der Waals surface area (Å²) in [4.78, 5) is 20.5. The molecule has 9 heteroatoms. The zero-order valence-electron chi connectivity index (χ0n) is 17.6. The minimum Gasteiger partial charge on any atom is -0.493 e. The summed E-state index contributed by atoms with van der Waals surface area (Å²) in [6.45, 7) is 2.16. The number of pyridine rings is 1. The van der Waals surface area contributed by atoms with E-state index in [1.165, 1.54) is 0 Å².